The molecule has 2 aromatic carbocycles. The van der Waals surface area contributed by atoms with E-state index in [2.05, 4.69) is 20.1 Å². The Bertz CT molecular complexity index is 1230. The number of aromatic nitrogens is 1. The molecule has 1 amide bonds. The smallest absolute Gasteiger partial charge is 0.252 e. The zero-order valence-corrected chi connectivity index (χ0v) is 20.0. The van der Waals surface area contributed by atoms with Crippen molar-refractivity contribution in [3.63, 3.8) is 0 Å². The SMILES string of the molecule is O=C(NCCN1CCCC1)c1cc(-c2c(F)cc(CN3CCOCC3)cc2F)nc2ccc(F)cc12. The van der Waals surface area contributed by atoms with E-state index in [9.17, 15) is 9.18 Å². The molecular formula is C27H29F3N4O2. The van der Waals surface area contributed by atoms with E-state index >= 15 is 8.78 Å². The van der Waals surface area contributed by atoms with Crippen LogP contribution < -0.4 is 5.32 Å². The van der Waals surface area contributed by atoms with Crippen molar-refractivity contribution >= 4 is 16.8 Å². The number of hydrogen-bond donors (Lipinski definition) is 1. The van der Waals surface area contributed by atoms with Gasteiger partial charge in [0.1, 0.15) is 17.5 Å². The van der Waals surface area contributed by atoms with Crippen molar-refractivity contribution in [1.82, 2.24) is 20.1 Å². The molecule has 2 aliphatic rings. The fourth-order valence-electron chi connectivity index (χ4n) is 4.92. The Kier molecular flexibility index (Phi) is 7.50. The molecule has 1 aromatic heterocycles. The summed E-state index contributed by atoms with van der Waals surface area (Å²) in [5, 5.41) is 3.16. The summed E-state index contributed by atoms with van der Waals surface area (Å²) in [4.78, 5) is 21.8. The van der Waals surface area contributed by atoms with E-state index in [-0.39, 0.29) is 22.3 Å². The molecule has 3 aromatic rings. The molecule has 0 radical (unpaired) electrons. The number of likely N-dealkylation sites (tertiary alicyclic amines) is 1. The predicted molar refractivity (Wildman–Crippen MR) is 131 cm³/mol. The van der Waals surface area contributed by atoms with Crippen LogP contribution in [0.15, 0.2) is 36.4 Å². The molecule has 2 fully saturated rings. The van der Waals surface area contributed by atoms with Gasteiger partial charge in [-0.3, -0.25) is 9.69 Å². The predicted octanol–water partition coefficient (Wildman–Crippen LogP) is 3.98. The number of carbonyl (C=O) groups excluding carboxylic acids is 1. The van der Waals surface area contributed by atoms with E-state index in [4.69, 9.17) is 4.74 Å². The van der Waals surface area contributed by atoms with Crippen molar-refractivity contribution in [2.45, 2.75) is 19.4 Å². The summed E-state index contributed by atoms with van der Waals surface area (Å²) in [5.74, 6) is -2.47. The van der Waals surface area contributed by atoms with Gasteiger partial charge in [0.25, 0.3) is 5.91 Å². The molecule has 0 atom stereocenters. The van der Waals surface area contributed by atoms with Crippen molar-refractivity contribution in [2.24, 2.45) is 0 Å². The molecule has 190 valence electrons. The molecular weight excluding hydrogens is 469 g/mol. The monoisotopic (exact) mass is 498 g/mol. The van der Waals surface area contributed by atoms with Crippen LogP contribution >= 0.6 is 0 Å². The molecule has 3 heterocycles. The first-order chi connectivity index (χ1) is 17.5. The summed E-state index contributed by atoms with van der Waals surface area (Å²) in [6.45, 7) is 6.13. The molecule has 0 spiro atoms. The number of rotatable bonds is 7. The van der Waals surface area contributed by atoms with Gasteiger partial charge in [-0.05, 0) is 67.9 Å². The maximum absolute atomic E-state index is 15.2. The quantitative estimate of drug-likeness (QED) is 0.534. The third-order valence-corrected chi connectivity index (χ3v) is 6.80. The average molecular weight is 499 g/mol. The number of nitrogens with zero attached hydrogens (tertiary/aromatic N) is 3. The lowest BCUT2D eigenvalue weighted by molar-refractivity contribution is 0.0341. The fraction of sp³-hybridized carbons (Fsp3) is 0.407. The Balaban J connectivity index is 1.44. The molecule has 9 heteroatoms. The van der Waals surface area contributed by atoms with Crippen LogP contribution in [-0.4, -0.2) is 73.2 Å². The summed E-state index contributed by atoms with van der Waals surface area (Å²) < 4.78 is 49.8. The second-order valence-corrected chi connectivity index (χ2v) is 9.34. The van der Waals surface area contributed by atoms with Crippen LogP contribution in [0.1, 0.15) is 28.8 Å². The Morgan fingerprint density at radius 1 is 0.944 bits per heavy atom. The molecule has 0 aliphatic carbocycles. The van der Waals surface area contributed by atoms with E-state index in [1.807, 2.05) is 0 Å². The van der Waals surface area contributed by atoms with Crippen molar-refractivity contribution < 1.29 is 22.7 Å². The molecule has 36 heavy (non-hydrogen) atoms. The van der Waals surface area contributed by atoms with Gasteiger partial charge in [0.15, 0.2) is 0 Å². The van der Waals surface area contributed by atoms with Gasteiger partial charge in [-0.15, -0.1) is 0 Å². The first kappa shape index (κ1) is 24.7. The number of pyridine rings is 1. The lowest BCUT2D eigenvalue weighted by atomic mass is 10.0. The highest BCUT2D eigenvalue weighted by atomic mass is 19.1. The van der Waals surface area contributed by atoms with E-state index in [0.29, 0.717) is 56.9 Å². The number of benzene rings is 2. The van der Waals surface area contributed by atoms with Crippen molar-refractivity contribution in [1.29, 1.82) is 0 Å². The summed E-state index contributed by atoms with van der Waals surface area (Å²) in [7, 11) is 0. The standard InChI is InChI=1S/C27H29F3N4O2/c28-19-3-4-24-20(15-19)21(27(35)31-5-8-33-6-1-2-7-33)16-25(32-24)26-22(29)13-18(14-23(26)30)17-34-9-11-36-12-10-34/h3-4,13-16H,1-2,5-12,17H2,(H,31,35). The van der Waals surface area contributed by atoms with E-state index in [1.165, 1.54) is 36.4 Å². The van der Waals surface area contributed by atoms with Gasteiger partial charge in [-0.25, -0.2) is 18.2 Å². The molecule has 2 aliphatic heterocycles. The lowest BCUT2D eigenvalue weighted by Crippen LogP contribution is -2.35. The number of ether oxygens (including phenoxy) is 1. The van der Waals surface area contributed by atoms with Gasteiger partial charge < -0.3 is 15.0 Å². The Hall–Kier alpha value is -3.01. The van der Waals surface area contributed by atoms with Crippen LogP contribution in [0.2, 0.25) is 0 Å². The molecule has 0 saturated carbocycles. The first-order valence-corrected chi connectivity index (χ1v) is 12.4. The molecule has 0 unspecified atom stereocenters. The van der Waals surface area contributed by atoms with E-state index in [0.717, 1.165) is 25.9 Å². The van der Waals surface area contributed by atoms with Gasteiger partial charge in [-0.1, -0.05) is 0 Å². The minimum Gasteiger partial charge on any atom is -0.379 e. The van der Waals surface area contributed by atoms with Gasteiger partial charge >= 0.3 is 0 Å². The second-order valence-electron chi connectivity index (χ2n) is 9.34. The van der Waals surface area contributed by atoms with Crippen LogP contribution in [0.4, 0.5) is 13.2 Å². The second kappa shape index (κ2) is 10.9. The number of nitrogens with one attached hydrogen (secondary N) is 1. The summed E-state index contributed by atoms with van der Waals surface area (Å²) in [5.41, 5.74) is 0.616. The number of amides is 1. The summed E-state index contributed by atoms with van der Waals surface area (Å²) in [6, 6.07) is 7.81. The van der Waals surface area contributed by atoms with E-state index in [1.54, 1.807) is 0 Å². The molecule has 5 rings (SSSR count). The Morgan fingerprint density at radius 3 is 2.39 bits per heavy atom. The van der Waals surface area contributed by atoms with Crippen LogP contribution in [0.3, 0.4) is 0 Å². The zero-order valence-electron chi connectivity index (χ0n) is 20.0. The van der Waals surface area contributed by atoms with Crippen LogP contribution in [0.25, 0.3) is 22.2 Å². The minimum atomic E-state index is -0.757. The first-order valence-electron chi connectivity index (χ1n) is 12.4. The third-order valence-electron chi connectivity index (χ3n) is 6.80. The minimum absolute atomic E-state index is 0.00766. The van der Waals surface area contributed by atoms with Crippen molar-refractivity contribution in [3.05, 3.63) is 65.0 Å². The highest BCUT2D eigenvalue weighted by Crippen LogP contribution is 2.30. The van der Waals surface area contributed by atoms with Gasteiger partial charge in [0.05, 0.1) is 35.6 Å². The molecule has 6 nitrogen and oxygen atoms in total. The maximum Gasteiger partial charge on any atom is 0.252 e. The Morgan fingerprint density at radius 2 is 1.67 bits per heavy atom. The Labute approximate surface area is 208 Å². The normalized spacial score (nSPS) is 17.1. The highest BCUT2D eigenvalue weighted by molar-refractivity contribution is 6.07. The van der Waals surface area contributed by atoms with Gasteiger partial charge in [0.2, 0.25) is 0 Å². The van der Waals surface area contributed by atoms with Crippen LogP contribution in [-0.2, 0) is 11.3 Å². The summed E-state index contributed by atoms with van der Waals surface area (Å²) in [6.07, 6.45) is 2.29. The number of hydrogen-bond acceptors (Lipinski definition) is 5. The van der Waals surface area contributed by atoms with Crippen molar-refractivity contribution in [3.8, 4) is 11.3 Å². The number of morpholine rings is 1. The fourth-order valence-corrected chi connectivity index (χ4v) is 4.92. The molecule has 2 saturated heterocycles. The van der Waals surface area contributed by atoms with Crippen molar-refractivity contribution in [2.75, 3.05) is 52.5 Å². The zero-order chi connectivity index (χ0) is 25.1. The summed E-state index contributed by atoms with van der Waals surface area (Å²) >= 11 is 0. The molecule has 0 bridgehead atoms. The number of carbonyl (C=O) groups is 1. The van der Waals surface area contributed by atoms with Crippen LogP contribution in [0.5, 0.6) is 0 Å². The third kappa shape index (κ3) is 5.53. The van der Waals surface area contributed by atoms with Gasteiger partial charge in [-0.2, -0.15) is 0 Å². The molecule has 1 N–H and O–H groups in total. The lowest BCUT2D eigenvalue weighted by Gasteiger charge is -2.26. The largest absolute Gasteiger partial charge is 0.379 e. The van der Waals surface area contributed by atoms with Gasteiger partial charge in [0, 0.05) is 38.1 Å². The number of fused-ring (bicyclic) bond motifs is 1. The highest BCUT2D eigenvalue weighted by Gasteiger charge is 2.21. The average Bonchev–Trinajstić information content (AvgIpc) is 3.37. The number of halogens is 3. The van der Waals surface area contributed by atoms with Crippen LogP contribution in [0, 0.1) is 17.5 Å². The maximum atomic E-state index is 15.2. The topological polar surface area (TPSA) is 57.7 Å². The van der Waals surface area contributed by atoms with E-state index < -0.39 is 23.4 Å².